The quantitative estimate of drug-likeness (QED) is 0.546. The molecule has 152 valence electrons. The van der Waals surface area contributed by atoms with Crippen LogP contribution in [0.25, 0.3) is 11.1 Å². The number of fused-ring (bicyclic) bond motifs is 2. The predicted molar refractivity (Wildman–Crippen MR) is 115 cm³/mol. The lowest BCUT2D eigenvalue weighted by Crippen LogP contribution is -2.29. The van der Waals surface area contributed by atoms with Crippen molar-refractivity contribution in [2.24, 2.45) is 0 Å². The zero-order valence-corrected chi connectivity index (χ0v) is 16.9. The summed E-state index contributed by atoms with van der Waals surface area (Å²) < 4.78 is 5.18. The fraction of sp³-hybridized carbons (Fsp3) is 0.160. The second kappa shape index (κ2) is 7.29. The molecule has 5 rings (SSSR count). The SMILES string of the molecule is Cc1ccc(C#N)c(CC2c3ccccc3C(=O)N2Cc2ccc3[nH]c(=O)oc3c2)c1. The first-order valence-electron chi connectivity index (χ1n) is 10.0. The summed E-state index contributed by atoms with van der Waals surface area (Å²) >= 11 is 0. The standard InChI is InChI=1S/C25H19N3O3/c1-15-6-8-17(13-26)18(10-15)12-22-19-4-2-3-5-20(19)24(29)28(22)14-16-7-9-21-23(11-16)31-25(30)27-21/h2-11,22H,12,14H2,1H3,(H,27,30). The van der Waals surface area contributed by atoms with Crippen molar-refractivity contribution in [3.63, 3.8) is 0 Å². The largest absolute Gasteiger partial charge is 0.417 e. The molecule has 1 aliphatic heterocycles. The number of carbonyl (C=O) groups excluding carboxylic acids is 1. The van der Waals surface area contributed by atoms with Gasteiger partial charge in [-0.05, 0) is 54.3 Å². The van der Waals surface area contributed by atoms with Crippen LogP contribution in [0.5, 0.6) is 0 Å². The normalized spacial score (nSPS) is 15.3. The van der Waals surface area contributed by atoms with Crippen molar-refractivity contribution >= 4 is 17.0 Å². The number of amides is 1. The minimum absolute atomic E-state index is 0.0395. The summed E-state index contributed by atoms with van der Waals surface area (Å²) in [7, 11) is 0. The molecule has 2 heterocycles. The van der Waals surface area contributed by atoms with Gasteiger partial charge < -0.3 is 9.32 Å². The first-order chi connectivity index (χ1) is 15.0. The predicted octanol–water partition coefficient (Wildman–Crippen LogP) is 4.24. The van der Waals surface area contributed by atoms with E-state index in [-0.39, 0.29) is 11.9 Å². The van der Waals surface area contributed by atoms with Crippen molar-refractivity contribution in [1.29, 1.82) is 5.26 Å². The van der Waals surface area contributed by atoms with Crippen LogP contribution in [0.15, 0.2) is 69.9 Å². The molecule has 4 aromatic rings. The van der Waals surface area contributed by atoms with Crippen LogP contribution in [0.2, 0.25) is 0 Å². The molecule has 1 atom stereocenters. The number of aromatic nitrogens is 1. The molecule has 0 radical (unpaired) electrons. The zero-order chi connectivity index (χ0) is 21.5. The fourth-order valence-corrected chi connectivity index (χ4v) is 4.34. The highest BCUT2D eigenvalue weighted by Gasteiger charge is 2.36. The number of benzene rings is 3. The van der Waals surface area contributed by atoms with Crippen molar-refractivity contribution in [3.8, 4) is 6.07 Å². The maximum absolute atomic E-state index is 13.3. The van der Waals surface area contributed by atoms with Crippen LogP contribution in [-0.4, -0.2) is 15.8 Å². The Bertz CT molecular complexity index is 1420. The summed E-state index contributed by atoms with van der Waals surface area (Å²) in [5.41, 5.74) is 6.23. The molecular formula is C25H19N3O3. The number of aromatic amines is 1. The van der Waals surface area contributed by atoms with E-state index in [9.17, 15) is 14.9 Å². The van der Waals surface area contributed by atoms with E-state index in [1.165, 1.54) is 0 Å². The maximum Gasteiger partial charge on any atom is 0.417 e. The van der Waals surface area contributed by atoms with Crippen LogP contribution in [-0.2, 0) is 13.0 Å². The first kappa shape index (κ1) is 18.9. The third-order valence-corrected chi connectivity index (χ3v) is 5.82. The number of nitriles is 1. The van der Waals surface area contributed by atoms with Crippen LogP contribution in [0.3, 0.4) is 0 Å². The lowest BCUT2D eigenvalue weighted by Gasteiger charge is -2.26. The lowest BCUT2D eigenvalue weighted by atomic mass is 9.94. The molecular weight excluding hydrogens is 390 g/mol. The van der Waals surface area contributed by atoms with Crippen LogP contribution < -0.4 is 5.76 Å². The zero-order valence-electron chi connectivity index (χ0n) is 16.9. The summed E-state index contributed by atoms with van der Waals surface area (Å²) in [5.74, 6) is -0.541. The number of aryl methyl sites for hydroxylation is 1. The molecule has 1 N–H and O–H groups in total. The number of nitrogens with zero attached hydrogens (tertiary/aromatic N) is 2. The summed E-state index contributed by atoms with van der Waals surface area (Å²) in [4.78, 5) is 29.2. The number of H-pyrrole nitrogens is 1. The van der Waals surface area contributed by atoms with Gasteiger partial charge in [0.25, 0.3) is 5.91 Å². The second-order valence-corrected chi connectivity index (χ2v) is 7.86. The molecule has 1 unspecified atom stereocenters. The van der Waals surface area contributed by atoms with E-state index in [4.69, 9.17) is 4.42 Å². The first-order valence-corrected chi connectivity index (χ1v) is 10.0. The Morgan fingerprint density at radius 2 is 1.94 bits per heavy atom. The smallest absolute Gasteiger partial charge is 0.408 e. The Morgan fingerprint density at radius 3 is 2.77 bits per heavy atom. The Balaban J connectivity index is 1.54. The van der Waals surface area contributed by atoms with Crippen LogP contribution >= 0.6 is 0 Å². The van der Waals surface area contributed by atoms with Gasteiger partial charge in [0.2, 0.25) is 0 Å². The summed E-state index contributed by atoms with van der Waals surface area (Å²) in [6.45, 7) is 2.37. The Labute approximate surface area is 178 Å². The van der Waals surface area contributed by atoms with Crippen LogP contribution in [0.1, 0.15) is 44.2 Å². The Morgan fingerprint density at radius 1 is 1.10 bits per heavy atom. The molecule has 0 bridgehead atoms. The minimum Gasteiger partial charge on any atom is -0.408 e. The number of nitrogens with one attached hydrogen (secondary N) is 1. The van der Waals surface area contributed by atoms with Gasteiger partial charge in [0.15, 0.2) is 5.58 Å². The minimum atomic E-state index is -0.502. The van der Waals surface area contributed by atoms with Crippen LogP contribution in [0.4, 0.5) is 0 Å². The van der Waals surface area contributed by atoms with Crippen molar-refractivity contribution < 1.29 is 9.21 Å². The van der Waals surface area contributed by atoms with Crippen molar-refractivity contribution in [2.75, 3.05) is 0 Å². The van der Waals surface area contributed by atoms with Crippen molar-refractivity contribution in [1.82, 2.24) is 9.88 Å². The highest BCUT2D eigenvalue weighted by atomic mass is 16.4. The second-order valence-electron chi connectivity index (χ2n) is 7.86. The van der Waals surface area contributed by atoms with Gasteiger partial charge in [-0.15, -0.1) is 0 Å². The molecule has 0 saturated carbocycles. The Kier molecular flexibility index (Phi) is 4.45. The van der Waals surface area contributed by atoms with Gasteiger partial charge in [-0.2, -0.15) is 5.26 Å². The average Bonchev–Trinajstić information content (AvgIpc) is 3.26. The summed E-state index contributed by atoms with van der Waals surface area (Å²) in [6, 6.07) is 20.9. The average molecular weight is 409 g/mol. The third kappa shape index (κ3) is 3.30. The van der Waals surface area contributed by atoms with Gasteiger partial charge in [-0.25, -0.2) is 4.79 Å². The Hall–Kier alpha value is -4.11. The van der Waals surface area contributed by atoms with E-state index in [1.54, 1.807) is 12.1 Å². The molecule has 6 heteroatoms. The topological polar surface area (TPSA) is 90.1 Å². The summed E-state index contributed by atoms with van der Waals surface area (Å²) in [5, 5.41) is 9.56. The van der Waals surface area contributed by atoms with Gasteiger partial charge >= 0.3 is 5.76 Å². The van der Waals surface area contributed by atoms with Gasteiger partial charge in [-0.1, -0.05) is 42.0 Å². The van der Waals surface area contributed by atoms with E-state index in [0.717, 1.165) is 22.3 Å². The summed E-state index contributed by atoms with van der Waals surface area (Å²) in [6.07, 6.45) is 0.550. The third-order valence-electron chi connectivity index (χ3n) is 5.82. The lowest BCUT2D eigenvalue weighted by molar-refractivity contribution is 0.0709. The number of rotatable bonds is 4. The molecule has 0 spiro atoms. The molecule has 31 heavy (non-hydrogen) atoms. The molecule has 1 amide bonds. The van der Waals surface area contributed by atoms with E-state index in [2.05, 4.69) is 11.1 Å². The molecule has 0 aliphatic carbocycles. The highest BCUT2D eigenvalue weighted by molar-refractivity contribution is 5.99. The van der Waals surface area contributed by atoms with Gasteiger partial charge in [-0.3, -0.25) is 9.78 Å². The molecule has 6 nitrogen and oxygen atoms in total. The van der Waals surface area contributed by atoms with Crippen LogP contribution in [0, 0.1) is 18.3 Å². The van der Waals surface area contributed by atoms with E-state index >= 15 is 0 Å². The molecule has 3 aromatic carbocycles. The number of carbonyl (C=O) groups is 1. The van der Waals surface area contributed by atoms with Gasteiger partial charge in [0, 0.05) is 12.1 Å². The van der Waals surface area contributed by atoms with E-state index < -0.39 is 5.76 Å². The molecule has 0 fully saturated rings. The van der Waals surface area contributed by atoms with Gasteiger partial charge in [0.05, 0.1) is 23.2 Å². The van der Waals surface area contributed by atoms with E-state index in [0.29, 0.717) is 35.2 Å². The van der Waals surface area contributed by atoms with E-state index in [1.807, 2.05) is 60.4 Å². The molecule has 1 aliphatic rings. The number of hydrogen-bond acceptors (Lipinski definition) is 4. The monoisotopic (exact) mass is 409 g/mol. The fourth-order valence-electron chi connectivity index (χ4n) is 4.34. The molecule has 1 aromatic heterocycles. The van der Waals surface area contributed by atoms with Gasteiger partial charge in [0.1, 0.15) is 0 Å². The maximum atomic E-state index is 13.3. The van der Waals surface area contributed by atoms with Crippen molar-refractivity contribution in [2.45, 2.75) is 25.9 Å². The molecule has 0 saturated heterocycles. The highest BCUT2D eigenvalue weighted by Crippen LogP contribution is 2.37. The number of hydrogen-bond donors (Lipinski definition) is 1. The van der Waals surface area contributed by atoms with Crippen molar-refractivity contribution in [3.05, 3.63) is 105 Å². The number of oxazole rings is 1.